The van der Waals surface area contributed by atoms with E-state index >= 15 is 0 Å². The monoisotopic (exact) mass is 306 g/mol. The van der Waals surface area contributed by atoms with Crippen LogP contribution in [0.1, 0.15) is 24.8 Å². The molecule has 1 unspecified atom stereocenters. The maximum absolute atomic E-state index is 11.7. The highest BCUT2D eigenvalue weighted by molar-refractivity contribution is 5.81. The van der Waals surface area contributed by atoms with Gasteiger partial charge in [0.15, 0.2) is 0 Å². The van der Waals surface area contributed by atoms with Gasteiger partial charge in [0.1, 0.15) is 12.1 Å². The minimum Gasteiger partial charge on any atom is -0.468 e. The zero-order valence-corrected chi connectivity index (χ0v) is 12.8. The van der Waals surface area contributed by atoms with Crippen LogP contribution >= 0.6 is 0 Å². The average Bonchev–Trinajstić information content (AvgIpc) is 2.51. The van der Waals surface area contributed by atoms with Gasteiger partial charge >= 0.3 is 12.1 Å². The Labute approximate surface area is 130 Å². The summed E-state index contributed by atoms with van der Waals surface area (Å²) < 4.78 is 9.92. The molecule has 120 valence electrons. The first kappa shape index (κ1) is 16.3. The van der Waals surface area contributed by atoms with Gasteiger partial charge in [-0.25, -0.2) is 4.79 Å². The number of alkyl carbamates (subject to hydrolysis) is 1. The van der Waals surface area contributed by atoms with Gasteiger partial charge in [-0.2, -0.15) is 0 Å². The van der Waals surface area contributed by atoms with Gasteiger partial charge in [-0.3, -0.25) is 4.79 Å². The number of ether oxygens (including phenoxy) is 2. The Morgan fingerprint density at radius 1 is 1.32 bits per heavy atom. The standard InChI is InChI=1S/C16H22N2O4/c1-21-14(19)16(9-11-18-16)8-5-10-17-15(20)22-12-13-6-3-2-4-7-13/h2-4,6-7,18H,5,8-12H2,1H3,(H,17,20). The van der Waals surface area contributed by atoms with Gasteiger partial charge in [0.05, 0.1) is 7.11 Å². The Morgan fingerprint density at radius 2 is 2.05 bits per heavy atom. The Hall–Kier alpha value is -2.08. The van der Waals surface area contributed by atoms with Gasteiger partial charge in [-0.1, -0.05) is 30.3 Å². The molecule has 0 radical (unpaired) electrons. The molecule has 0 saturated carbocycles. The molecule has 2 rings (SSSR count). The van der Waals surface area contributed by atoms with Crippen molar-refractivity contribution >= 4 is 12.1 Å². The Kier molecular flexibility index (Phi) is 5.77. The third-order valence-corrected chi connectivity index (χ3v) is 3.85. The molecule has 6 heteroatoms. The molecule has 1 amide bonds. The summed E-state index contributed by atoms with van der Waals surface area (Å²) >= 11 is 0. The predicted molar refractivity (Wildman–Crippen MR) is 81.2 cm³/mol. The van der Waals surface area contributed by atoms with E-state index < -0.39 is 11.6 Å². The minimum absolute atomic E-state index is 0.231. The summed E-state index contributed by atoms with van der Waals surface area (Å²) in [6.07, 6.45) is 1.65. The summed E-state index contributed by atoms with van der Waals surface area (Å²) in [5.74, 6) is -0.231. The summed E-state index contributed by atoms with van der Waals surface area (Å²) in [5, 5.41) is 5.82. The molecule has 2 N–H and O–H groups in total. The lowest BCUT2D eigenvalue weighted by Crippen LogP contribution is -2.62. The quantitative estimate of drug-likeness (QED) is 0.591. The topological polar surface area (TPSA) is 76.7 Å². The van der Waals surface area contributed by atoms with E-state index in [0.29, 0.717) is 19.4 Å². The van der Waals surface area contributed by atoms with Crippen molar-refractivity contribution in [1.82, 2.24) is 10.6 Å². The molecule has 1 saturated heterocycles. The number of benzene rings is 1. The van der Waals surface area contributed by atoms with E-state index in [1.807, 2.05) is 30.3 Å². The molecule has 0 bridgehead atoms. The van der Waals surface area contributed by atoms with Crippen LogP contribution < -0.4 is 10.6 Å². The lowest BCUT2D eigenvalue weighted by Gasteiger charge is -2.40. The first-order valence-corrected chi connectivity index (χ1v) is 7.44. The van der Waals surface area contributed by atoms with Crippen molar-refractivity contribution < 1.29 is 19.1 Å². The van der Waals surface area contributed by atoms with Crippen molar-refractivity contribution in [2.75, 3.05) is 20.2 Å². The molecular weight excluding hydrogens is 284 g/mol. The fourth-order valence-electron chi connectivity index (χ4n) is 2.47. The number of hydrogen-bond acceptors (Lipinski definition) is 5. The smallest absolute Gasteiger partial charge is 0.407 e. The second-order valence-corrected chi connectivity index (χ2v) is 5.34. The third-order valence-electron chi connectivity index (χ3n) is 3.85. The molecule has 1 fully saturated rings. The summed E-state index contributed by atoms with van der Waals surface area (Å²) in [6, 6.07) is 9.50. The number of esters is 1. The molecule has 1 aromatic carbocycles. The summed E-state index contributed by atoms with van der Waals surface area (Å²) in [6.45, 7) is 1.54. The molecule has 1 aromatic rings. The van der Waals surface area contributed by atoms with Crippen molar-refractivity contribution in [3.05, 3.63) is 35.9 Å². The van der Waals surface area contributed by atoms with Crippen LogP contribution in [0.4, 0.5) is 4.79 Å². The lowest BCUT2D eigenvalue weighted by atomic mass is 9.83. The number of carbonyl (C=O) groups excluding carboxylic acids is 2. The predicted octanol–water partition coefficient (Wildman–Crippen LogP) is 1.60. The van der Waals surface area contributed by atoms with E-state index in [0.717, 1.165) is 18.5 Å². The fourth-order valence-corrected chi connectivity index (χ4v) is 2.47. The van der Waals surface area contributed by atoms with E-state index in [4.69, 9.17) is 9.47 Å². The number of carbonyl (C=O) groups is 2. The minimum atomic E-state index is -0.565. The molecule has 0 aliphatic carbocycles. The Morgan fingerprint density at radius 3 is 2.64 bits per heavy atom. The summed E-state index contributed by atoms with van der Waals surface area (Å²) in [4.78, 5) is 23.3. The third kappa shape index (κ3) is 4.21. The second-order valence-electron chi connectivity index (χ2n) is 5.34. The van der Waals surface area contributed by atoms with E-state index in [1.165, 1.54) is 7.11 Å². The highest BCUT2D eigenvalue weighted by Crippen LogP contribution is 2.25. The van der Waals surface area contributed by atoms with E-state index in [-0.39, 0.29) is 12.6 Å². The number of amides is 1. The highest BCUT2D eigenvalue weighted by Gasteiger charge is 2.44. The SMILES string of the molecule is COC(=O)C1(CCCNC(=O)OCc2ccccc2)CCN1. The van der Waals surface area contributed by atoms with Crippen molar-refractivity contribution in [3.8, 4) is 0 Å². The molecular formula is C16H22N2O4. The molecule has 1 aliphatic heterocycles. The van der Waals surface area contributed by atoms with E-state index in [9.17, 15) is 9.59 Å². The van der Waals surface area contributed by atoms with Crippen LogP contribution in [0.2, 0.25) is 0 Å². The van der Waals surface area contributed by atoms with Crippen LogP contribution in [0.3, 0.4) is 0 Å². The molecule has 1 heterocycles. The fraction of sp³-hybridized carbons (Fsp3) is 0.500. The Balaban J connectivity index is 1.62. The molecule has 6 nitrogen and oxygen atoms in total. The maximum atomic E-state index is 11.7. The van der Waals surface area contributed by atoms with E-state index in [1.54, 1.807) is 0 Å². The zero-order chi connectivity index (χ0) is 15.8. The van der Waals surface area contributed by atoms with Crippen molar-refractivity contribution in [2.24, 2.45) is 0 Å². The first-order valence-electron chi connectivity index (χ1n) is 7.44. The van der Waals surface area contributed by atoms with Crippen LogP contribution in [0.15, 0.2) is 30.3 Å². The van der Waals surface area contributed by atoms with Crippen LogP contribution in [0.5, 0.6) is 0 Å². The van der Waals surface area contributed by atoms with Gasteiger partial charge in [0.2, 0.25) is 0 Å². The van der Waals surface area contributed by atoms with Gasteiger partial charge in [-0.15, -0.1) is 0 Å². The van der Waals surface area contributed by atoms with Crippen LogP contribution in [0, 0.1) is 0 Å². The molecule has 1 aliphatic rings. The van der Waals surface area contributed by atoms with Gasteiger partial charge in [0, 0.05) is 6.54 Å². The second kappa shape index (κ2) is 7.79. The molecule has 0 aromatic heterocycles. The molecule has 0 spiro atoms. The van der Waals surface area contributed by atoms with Crippen molar-refractivity contribution in [2.45, 2.75) is 31.4 Å². The number of hydrogen-bond donors (Lipinski definition) is 2. The number of methoxy groups -OCH3 is 1. The van der Waals surface area contributed by atoms with Crippen LogP contribution in [-0.2, 0) is 20.9 Å². The summed E-state index contributed by atoms with van der Waals surface area (Å²) in [5.41, 5.74) is 0.380. The average molecular weight is 306 g/mol. The van der Waals surface area contributed by atoms with Gasteiger partial charge in [-0.05, 0) is 31.4 Å². The van der Waals surface area contributed by atoms with Crippen LogP contribution in [-0.4, -0.2) is 37.8 Å². The first-order chi connectivity index (χ1) is 10.7. The van der Waals surface area contributed by atoms with Crippen molar-refractivity contribution in [3.63, 3.8) is 0 Å². The summed E-state index contributed by atoms with van der Waals surface area (Å²) in [7, 11) is 1.39. The van der Waals surface area contributed by atoms with Crippen LogP contribution in [0.25, 0.3) is 0 Å². The zero-order valence-electron chi connectivity index (χ0n) is 12.8. The van der Waals surface area contributed by atoms with E-state index in [2.05, 4.69) is 10.6 Å². The Bertz CT molecular complexity index is 500. The molecule has 1 atom stereocenters. The number of rotatable bonds is 7. The van der Waals surface area contributed by atoms with Gasteiger partial charge < -0.3 is 20.1 Å². The van der Waals surface area contributed by atoms with Gasteiger partial charge in [0.25, 0.3) is 0 Å². The number of nitrogens with one attached hydrogen (secondary N) is 2. The maximum Gasteiger partial charge on any atom is 0.407 e. The van der Waals surface area contributed by atoms with Crippen molar-refractivity contribution in [1.29, 1.82) is 0 Å². The highest BCUT2D eigenvalue weighted by atomic mass is 16.5. The largest absolute Gasteiger partial charge is 0.468 e. The normalized spacial score (nSPS) is 19.9. The lowest BCUT2D eigenvalue weighted by molar-refractivity contribution is -0.152. The molecule has 22 heavy (non-hydrogen) atoms.